The molecular weight excluding hydrogens is 305 g/mol. The van der Waals surface area contributed by atoms with Crippen LogP contribution in [-0.2, 0) is 0 Å². The molecule has 0 fully saturated rings. The molecule has 3 aromatic rings. The minimum Gasteiger partial charge on any atom is -0.491 e. The number of hydrogen-bond acceptors (Lipinski definition) is 1. The third kappa shape index (κ3) is 3.97. The highest BCUT2D eigenvalue weighted by molar-refractivity contribution is 7.79. The van der Waals surface area contributed by atoms with Gasteiger partial charge in [-0.2, -0.15) is 0 Å². The number of benzene rings is 3. The first-order valence-corrected chi connectivity index (χ1v) is 8.92. The van der Waals surface area contributed by atoms with Crippen molar-refractivity contribution in [2.75, 3.05) is 13.3 Å². The normalized spacial score (nSPS) is 10.7. The molecule has 0 aliphatic rings. The van der Waals surface area contributed by atoms with Gasteiger partial charge in [0.15, 0.2) is 0 Å². The summed E-state index contributed by atoms with van der Waals surface area (Å²) in [7, 11) is -0.651. The molecule has 0 N–H and O–H groups in total. The number of rotatable bonds is 6. The Morgan fingerprint density at radius 3 is 1.83 bits per heavy atom. The molecule has 3 aromatic carbocycles. The summed E-state index contributed by atoms with van der Waals surface area (Å²) in [5, 5.41) is 3.78. The predicted molar refractivity (Wildman–Crippen MR) is 96.6 cm³/mol. The van der Waals surface area contributed by atoms with Gasteiger partial charge in [-0.3, -0.25) is 0 Å². The van der Waals surface area contributed by atoms with Crippen molar-refractivity contribution in [3.63, 3.8) is 0 Å². The molecule has 0 unspecified atom stereocenters. The summed E-state index contributed by atoms with van der Waals surface area (Å²) in [4.78, 5) is 0. The summed E-state index contributed by atoms with van der Waals surface area (Å²) < 4.78 is 17.8. The van der Waals surface area contributed by atoms with Gasteiger partial charge in [0.1, 0.15) is 19.0 Å². The summed E-state index contributed by atoms with van der Waals surface area (Å²) in [5.41, 5.74) is 0. The Balaban J connectivity index is 2.02. The van der Waals surface area contributed by atoms with Crippen LogP contribution < -0.4 is 20.7 Å². The van der Waals surface area contributed by atoms with E-state index in [0.717, 1.165) is 5.75 Å². The lowest BCUT2D eigenvalue weighted by Gasteiger charge is -2.20. The smallest absolute Gasteiger partial charge is 0.123 e. The van der Waals surface area contributed by atoms with E-state index >= 15 is 0 Å². The van der Waals surface area contributed by atoms with Gasteiger partial charge < -0.3 is 4.74 Å². The van der Waals surface area contributed by atoms with Gasteiger partial charge in [0.2, 0.25) is 0 Å². The Hall–Kier alpha value is -2.18. The van der Waals surface area contributed by atoms with Crippen molar-refractivity contribution in [1.82, 2.24) is 0 Å². The van der Waals surface area contributed by atoms with Gasteiger partial charge in [0, 0.05) is 0 Å². The Morgan fingerprint density at radius 2 is 1.26 bits per heavy atom. The molecule has 0 atom stereocenters. The third-order valence-electron chi connectivity index (χ3n) is 3.45. The molecule has 0 aromatic heterocycles. The number of ether oxygens (including phenoxy) is 1. The van der Waals surface area contributed by atoms with Crippen LogP contribution in [0.2, 0.25) is 0 Å². The predicted octanol–water partition coefficient (Wildman–Crippen LogP) is 3.79. The fourth-order valence-corrected chi connectivity index (χ4v) is 4.80. The van der Waals surface area contributed by atoms with Crippen molar-refractivity contribution >= 4 is 23.8 Å². The van der Waals surface area contributed by atoms with Crippen LogP contribution in [0.1, 0.15) is 0 Å². The maximum absolute atomic E-state index is 12.3. The summed E-state index contributed by atoms with van der Waals surface area (Å²) in [6.45, 7) is -0.381. The number of hydrogen-bond donors (Lipinski definition) is 0. The fraction of sp³-hybridized carbons (Fsp3) is 0.100. The molecule has 3 heteroatoms. The first-order valence-electron chi connectivity index (χ1n) is 7.57. The van der Waals surface area contributed by atoms with Crippen LogP contribution in [-0.4, -0.2) is 13.3 Å². The van der Waals surface area contributed by atoms with Crippen LogP contribution in [0.15, 0.2) is 84.9 Å². The molecule has 0 aliphatic heterocycles. The van der Waals surface area contributed by atoms with Crippen molar-refractivity contribution in [3.05, 3.63) is 84.9 Å². The van der Waals surface area contributed by atoms with E-state index in [0.29, 0.717) is 0 Å². The highest BCUT2D eigenvalue weighted by atomic mass is 31.1. The second-order valence-corrected chi connectivity index (χ2v) is 7.26. The van der Waals surface area contributed by atoms with Crippen molar-refractivity contribution in [1.29, 1.82) is 0 Å². The Morgan fingerprint density at radius 1 is 0.696 bits per heavy atom. The first-order chi connectivity index (χ1) is 11.4. The SMILES string of the molecule is [18F]CCOc1cccc(P(c2ccccc2)c2ccccc2)c1. The fourth-order valence-electron chi connectivity index (χ4n) is 2.47. The molecule has 0 heterocycles. The van der Waals surface area contributed by atoms with Gasteiger partial charge in [0.25, 0.3) is 0 Å². The Labute approximate surface area is 137 Å². The molecule has 3 rings (SSSR count). The van der Waals surface area contributed by atoms with E-state index in [2.05, 4.69) is 54.6 Å². The maximum Gasteiger partial charge on any atom is 0.123 e. The molecule has 1 nitrogen and oxygen atoms in total. The van der Waals surface area contributed by atoms with E-state index in [-0.39, 0.29) is 6.61 Å². The van der Waals surface area contributed by atoms with Crippen LogP contribution in [0.5, 0.6) is 5.75 Å². The quantitative estimate of drug-likeness (QED) is 0.627. The van der Waals surface area contributed by atoms with E-state index in [1.807, 2.05) is 30.3 Å². The molecule has 0 amide bonds. The van der Waals surface area contributed by atoms with E-state index < -0.39 is 14.6 Å². The monoisotopic (exact) mass is 323 g/mol. The van der Waals surface area contributed by atoms with Crippen LogP contribution in [0.4, 0.5) is 4.39 Å². The van der Waals surface area contributed by atoms with Crippen LogP contribution >= 0.6 is 7.92 Å². The van der Waals surface area contributed by atoms with Crippen LogP contribution in [0.25, 0.3) is 0 Å². The van der Waals surface area contributed by atoms with E-state index in [9.17, 15) is 4.39 Å². The third-order valence-corrected chi connectivity index (χ3v) is 5.87. The average molecular weight is 323 g/mol. The Bertz CT molecular complexity index is 691. The van der Waals surface area contributed by atoms with Gasteiger partial charge in [-0.05, 0) is 36.0 Å². The Kier molecular flexibility index (Phi) is 5.39. The van der Waals surface area contributed by atoms with E-state index in [1.165, 1.54) is 15.9 Å². The number of halogens is 1. The van der Waals surface area contributed by atoms with Crippen molar-refractivity contribution in [2.24, 2.45) is 0 Å². The average Bonchev–Trinajstić information content (AvgIpc) is 2.62. The second kappa shape index (κ2) is 7.89. The topological polar surface area (TPSA) is 9.23 Å². The van der Waals surface area contributed by atoms with Gasteiger partial charge in [-0.1, -0.05) is 72.8 Å². The van der Waals surface area contributed by atoms with E-state index in [1.54, 1.807) is 0 Å². The summed E-state index contributed by atoms with van der Waals surface area (Å²) in [6.07, 6.45) is 0. The van der Waals surface area contributed by atoms with Crippen LogP contribution in [0, 0.1) is 0 Å². The van der Waals surface area contributed by atoms with Gasteiger partial charge in [0.05, 0.1) is 0 Å². The van der Waals surface area contributed by atoms with Crippen LogP contribution in [0.3, 0.4) is 0 Å². The maximum atomic E-state index is 12.3. The molecule has 0 saturated heterocycles. The standard InChI is InChI=1S/C20H18FOP/c21-14-15-22-17-8-7-13-20(16-17)23(18-9-3-1-4-10-18)19-11-5-2-6-12-19/h1-13,16H,14-15H2/i21-1. The highest BCUT2D eigenvalue weighted by Crippen LogP contribution is 2.33. The molecular formula is C20H18FOP. The molecule has 0 radical (unpaired) electrons. The van der Waals surface area contributed by atoms with Gasteiger partial charge >= 0.3 is 0 Å². The zero-order valence-electron chi connectivity index (χ0n) is 12.7. The summed E-state index contributed by atoms with van der Waals surface area (Å²) in [6, 6.07) is 29.0. The van der Waals surface area contributed by atoms with Crippen molar-refractivity contribution in [2.45, 2.75) is 0 Å². The second-order valence-electron chi connectivity index (χ2n) is 5.04. The molecule has 0 aliphatic carbocycles. The molecule has 0 saturated carbocycles. The molecule has 23 heavy (non-hydrogen) atoms. The van der Waals surface area contributed by atoms with Crippen molar-refractivity contribution < 1.29 is 9.13 Å². The molecule has 0 bridgehead atoms. The first kappa shape index (κ1) is 15.7. The minimum absolute atomic E-state index is 0.0953. The van der Waals surface area contributed by atoms with Gasteiger partial charge in [-0.15, -0.1) is 0 Å². The van der Waals surface area contributed by atoms with E-state index in [4.69, 9.17) is 4.74 Å². The molecule has 116 valence electrons. The number of alkyl halides is 1. The summed E-state index contributed by atoms with van der Waals surface area (Å²) in [5.74, 6) is 0.722. The lowest BCUT2D eigenvalue weighted by molar-refractivity contribution is 0.273. The minimum atomic E-state index is -0.651. The lowest BCUT2D eigenvalue weighted by atomic mass is 10.3. The summed E-state index contributed by atoms with van der Waals surface area (Å²) >= 11 is 0. The largest absolute Gasteiger partial charge is 0.491 e. The zero-order valence-corrected chi connectivity index (χ0v) is 13.6. The van der Waals surface area contributed by atoms with Crippen molar-refractivity contribution in [3.8, 4) is 5.75 Å². The van der Waals surface area contributed by atoms with Gasteiger partial charge in [-0.25, -0.2) is 4.39 Å². The highest BCUT2D eigenvalue weighted by Gasteiger charge is 2.16. The molecule has 0 spiro atoms. The lowest BCUT2D eigenvalue weighted by Crippen LogP contribution is -2.20. The zero-order chi connectivity index (χ0) is 15.9.